The predicted octanol–water partition coefficient (Wildman–Crippen LogP) is 1.36. The van der Waals surface area contributed by atoms with Gasteiger partial charge in [0.15, 0.2) is 0 Å². The molecule has 0 saturated carbocycles. The maximum atomic E-state index is 13.7. The van der Waals surface area contributed by atoms with Crippen LogP contribution in [0, 0.1) is 5.82 Å². The number of rotatable bonds is 2. The van der Waals surface area contributed by atoms with Gasteiger partial charge in [0.2, 0.25) is 0 Å². The van der Waals surface area contributed by atoms with E-state index >= 15 is 0 Å². The first-order valence-corrected chi connectivity index (χ1v) is 4.93. The zero-order valence-corrected chi connectivity index (χ0v) is 8.53. The van der Waals surface area contributed by atoms with Crippen LogP contribution < -0.4 is 10.6 Å². The fourth-order valence-corrected chi connectivity index (χ4v) is 2.02. The van der Waals surface area contributed by atoms with Gasteiger partial charge in [-0.1, -0.05) is 0 Å². The smallest absolute Gasteiger partial charge is 0.148 e. The van der Waals surface area contributed by atoms with Gasteiger partial charge in [0.25, 0.3) is 0 Å². The number of nitrogens with two attached hydrogens (primary N) is 1. The molecule has 3 nitrogen and oxygen atoms in total. The van der Waals surface area contributed by atoms with Gasteiger partial charge in [-0.05, 0) is 31.0 Å². The average molecular weight is 208 g/mol. The van der Waals surface area contributed by atoms with Gasteiger partial charge >= 0.3 is 0 Å². The van der Waals surface area contributed by atoms with E-state index in [1.165, 1.54) is 6.07 Å². The zero-order valence-electron chi connectivity index (χ0n) is 8.53. The van der Waals surface area contributed by atoms with E-state index in [-0.39, 0.29) is 11.9 Å². The highest BCUT2D eigenvalue weighted by molar-refractivity contribution is 5.71. The van der Waals surface area contributed by atoms with Crippen molar-refractivity contribution in [3.63, 3.8) is 0 Å². The second-order valence-electron chi connectivity index (χ2n) is 3.83. The molecule has 4 heteroatoms. The molecule has 80 valence electrons. The van der Waals surface area contributed by atoms with Crippen molar-refractivity contribution in [3.05, 3.63) is 23.5 Å². The van der Waals surface area contributed by atoms with Gasteiger partial charge in [-0.3, -0.25) is 0 Å². The van der Waals surface area contributed by atoms with Crippen LogP contribution in [0.1, 0.15) is 12.5 Å². The Bertz CT molecular complexity index is 406. The third kappa shape index (κ3) is 1.56. The second-order valence-corrected chi connectivity index (χ2v) is 3.83. The summed E-state index contributed by atoms with van der Waals surface area (Å²) in [6.07, 6.45) is 1.57. The highest BCUT2D eigenvalue weighted by atomic mass is 19.1. The van der Waals surface area contributed by atoms with Crippen LogP contribution in [0.2, 0.25) is 0 Å². The van der Waals surface area contributed by atoms with E-state index in [2.05, 4.69) is 0 Å². The number of fused-ring (bicyclic) bond motifs is 1. The summed E-state index contributed by atoms with van der Waals surface area (Å²) in [5.41, 5.74) is 7.42. The standard InChI is InChI=1S/C11H13FN2O/c1-7(6-15)14-3-2-8-4-9(13)5-10(12)11(8)14/h4-7H,2-3,13H2,1H3. The van der Waals surface area contributed by atoms with Crippen LogP contribution in [-0.4, -0.2) is 18.9 Å². The molecular formula is C11H13FN2O. The molecule has 0 fully saturated rings. The Balaban J connectivity index is 2.46. The molecule has 1 heterocycles. The highest BCUT2D eigenvalue weighted by Crippen LogP contribution is 2.33. The second kappa shape index (κ2) is 3.53. The topological polar surface area (TPSA) is 46.3 Å². The minimum atomic E-state index is -0.337. The van der Waals surface area contributed by atoms with Crippen LogP contribution in [0.15, 0.2) is 12.1 Å². The van der Waals surface area contributed by atoms with E-state index in [1.807, 2.05) is 0 Å². The average Bonchev–Trinajstić information content (AvgIpc) is 2.60. The Morgan fingerprint density at radius 3 is 3.00 bits per heavy atom. The number of nitrogens with zero attached hydrogens (tertiary/aromatic N) is 1. The molecule has 0 aliphatic carbocycles. The van der Waals surface area contributed by atoms with Gasteiger partial charge in [0.1, 0.15) is 12.1 Å². The summed E-state index contributed by atoms with van der Waals surface area (Å²) in [7, 11) is 0. The molecular weight excluding hydrogens is 195 g/mol. The number of halogens is 1. The lowest BCUT2D eigenvalue weighted by molar-refractivity contribution is -0.108. The molecule has 2 rings (SSSR count). The molecule has 1 unspecified atom stereocenters. The number of aldehydes is 1. The zero-order chi connectivity index (χ0) is 11.0. The molecule has 0 saturated heterocycles. The molecule has 1 atom stereocenters. The van der Waals surface area contributed by atoms with Crippen LogP contribution in [0.5, 0.6) is 0 Å². The summed E-state index contributed by atoms with van der Waals surface area (Å²) in [5, 5.41) is 0. The molecule has 0 amide bonds. The molecule has 0 radical (unpaired) electrons. The molecule has 1 aliphatic rings. The number of hydrogen-bond donors (Lipinski definition) is 1. The minimum absolute atomic E-state index is 0.288. The number of benzene rings is 1. The Labute approximate surface area is 87.7 Å². The fourth-order valence-electron chi connectivity index (χ4n) is 2.02. The van der Waals surface area contributed by atoms with E-state index in [0.717, 1.165) is 18.3 Å². The van der Waals surface area contributed by atoms with Crippen molar-refractivity contribution in [1.82, 2.24) is 0 Å². The maximum Gasteiger partial charge on any atom is 0.148 e. The molecule has 1 aromatic rings. The number of nitrogen functional groups attached to an aromatic ring is 1. The van der Waals surface area contributed by atoms with Crippen molar-refractivity contribution in [2.75, 3.05) is 17.2 Å². The molecule has 0 bridgehead atoms. The quantitative estimate of drug-likeness (QED) is 0.589. The number of hydrogen-bond acceptors (Lipinski definition) is 3. The van der Waals surface area contributed by atoms with E-state index in [4.69, 9.17) is 5.73 Å². The molecule has 0 spiro atoms. The minimum Gasteiger partial charge on any atom is -0.399 e. The molecule has 1 aromatic carbocycles. The van der Waals surface area contributed by atoms with Crippen LogP contribution in [0.4, 0.5) is 15.8 Å². The van der Waals surface area contributed by atoms with Crippen LogP contribution in [0.25, 0.3) is 0 Å². The van der Waals surface area contributed by atoms with Gasteiger partial charge < -0.3 is 15.4 Å². The molecule has 2 N–H and O–H groups in total. The first kappa shape index (κ1) is 9.96. The molecule has 1 aliphatic heterocycles. The predicted molar refractivity (Wildman–Crippen MR) is 57.4 cm³/mol. The Hall–Kier alpha value is -1.58. The number of carbonyl (C=O) groups excluding carboxylic acids is 1. The lowest BCUT2D eigenvalue weighted by atomic mass is 10.1. The van der Waals surface area contributed by atoms with Gasteiger partial charge in [0, 0.05) is 12.2 Å². The number of anilines is 2. The summed E-state index contributed by atoms with van der Waals surface area (Å²) in [6, 6.07) is 2.79. The summed E-state index contributed by atoms with van der Waals surface area (Å²) >= 11 is 0. The third-order valence-electron chi connectivity index (χ3n) is 2.76. The highest BCUT2D eigenvalue weighted by Gasteiger charge is 2.26. The summed E-state index contributed by atoms with van der Waals surface area (Å²) < 4.78 is 13.7. The number of carbonyl (C=O) groups is 1. The fraction of sp³-hybridized carbons (Fsp3) is 0.364. The maximum absolute atomic E-state index is 13.7. The summed E-state index contributed by atoms with van der Waals surface area (Å²) in [5.74, 6) is -0.337. The summed E-state index contributed by atoms with van der Waals surface area (Å²) in [4.78, 5) is 12.5. The first-order valence-electron chi connectivity index (χ1n) is 4.93. The van der Waals surface area contributed by atoms with Gasteiger partial charge in [-0.15, -0.1) is 0 Å². The van der Waals surface area contributed by atoms with Gasteiger partial charge in [-0.25, -0.2) is 4.39 Å². The van der Waals surface area contributed by atoms with Crippen LogP contribution in [-0.2, 0) is 11.2 Å². The van der Waals surface area contributed by atoms with E-state index in [0.29, 0.717) is 17.9 Å². The van der Waals surface area contributed by atoms with Gasteiger partial charge in [-0.2, -0.15) is 0 Å². The van der Waals surface area contributed by atoms with Crippen molar-refractivity contribution in [2.24, 2.45) is 0 Å². The van der Waals surface area contributed by atoms with Crippen LogP contribution in [0.3, 0.4) is 0 Å². The first-order chi connectivity index (χ1) is 7.13. The SMILES string of the molecule is CC(C=O)N1CCc2cc(N)cc(F)c21. The Kier molecular flexibility index (Phi) is 2.34. The van der Waals surface area contributed by atoms with Crippen LogP contribution >= 0.6 is 0 Å². The van der Waals surface area contributed by atoms with Crippen molar-refractivity contribution < 1.29 is 9.18 Å². The third-order valence-corrected chi connectivity index (χ3v) is 2.76. The van der Waals surface area contributed by atoms with E-state index in [9.17, 15) is 9.18 Å². The normalized spacial score (nSPS) is 16.3. The van der Waals surface area contributed by atoms with Crippen molar-refractivity contribution in [3.8, 4) is 0 Å². The van der Waals surface area contributed by atoms with Crippen molar-refractivity contribution in [2.45, 2.75) is 19.4 Å². The van der Waals surface area contributed by atoms with Crippen molar-refractivity contribution in [1.29, 1.82) is 0 Å². The molecule has 0 aromatic heterocycles. The van der Waals surface area contributed by atoms with Crippen molar-refractivity contribution >= 4 is 17.7 Å². The van der Waals surface area contributed by atoms with E-state index < -0.39 is 0 Å². The Morgan fingerprint density at radius 1 is 1.60 bits per heavy atom. The monoisotopic (exact) mass is 208 g/mol. The Morgan fingerprint density at radius 2 is 2.33 bits per heavy atom. The largest absolute Gasteiger partial charge is 0.399 e. The lowest BCUT2D eigenvalue weighted by Crippen LogP contribution is -2.32. The molecule has 15 heavy (non-hydrogen) atoms. The summed E-state index contributed by atoms with van der Waals surface area (Å²) in [6.45, 7) is 2.44. The lowest BCUT2D eigenvalue weighted by Gasteiger charge is -2.23. The van der Waals surface area contributed by atoms with E-state index in [1.54, 1.807) is 17.9 Å². The van der Waals surface area contributed by atoms with Gasteiger partial charge in [0.05, 0.1) is 11.7 Å².